The second kappa shape index (κ2) is 5.32. The Bertz CT molecular complexity index is 408. The van der Waals surface area contributed by atoms with Crippen LogP contribution in [0.4, 0.5) is 0 Å². The predicted octanol–water partition coefficient (Wildman–Crippen LogP) is 2.39. The first-order chi connectivity index (χ1) is 8.20. The number of rotatable bonds is 3. The predicted molar refractivity (Wildman–Crippen MR) is 66.1 cm³/mol. The molecule has 17 heavy (non-hydrogen) atoms. The summed E-state index contributed by atoms with van der Waals surface area (Å²) in [7, 11) is 0. The molecule has 0 spiro atoms. The van der Waals surface area contributed by atoms with Crippen LogP contribution < -0.4 is 0 Å². The quantitative estimate of drug-likeness (QED) is 0.611. The van der Waals surface area contributed by atoms with E-state index in [1.165, 1.54) is 0 Å². The van der Waals surface area contributed by atoms with Crippen LogP contribution in [-0.2, 0) is 4.79 Å². The molecule has 0 N–H and O–H groups in total. The maximum absolute atomic E-state index is 12.2. The van der Waals surface area contributed by atoms with Crippen LogP contribution in [0.2, 0.25) is 5.02 Å². The van der Waals surface area contributed by atoms with Crippen molar-refractivity contribution in [2.24, 2.45) is 5.92 Å². The zero-order chi connectivity index (χ0) is 12.3. The van der Waals surface area contributed by atoms with Crippen LogP contribution in [0.15, 0.2) is 24.3 Å². The molecule has 0 unspecified atom stereocenters. The lowest BCUT2D eigenvalue weighted by Crippen LogP contribution is -2.35. The number of benzene rings is 1. The van der Waals surface area contributed by atoms with Crippen molar-refractivity contribution < 1.29 is 9.59 Å². The van der Waals surface area contributed by atoms with Gasteiger partial charge < -0.3 is 4.90 Å². The normalized spacial score (nSPS) is 16.9. The van der Waals surface area contributed by atoms with Crippen molar-refractivity contribution >= 4 is 23.8 Å². The van der Waals surface area contributed by atoms with E-state index in [9.17, 15) is 9.59 Å². The minimum Gasteiger partial charge on any atom is -0.345 e. The van der Waals surface area contributed by atoms with Gasteiger partial charge in [-0.2, -0.15) is 0 Å². The van der Waals surface area contributed by atoms with Crippen LogP contribution in [-0.4, -0.2) is 30.2 Å². The molecule has 1 aliphatic rings. The van der Waals surface area contributed by atoms with Crippen LogP contribution in [0.5, 0.6) is 0 Å². The van der Waals surface area contributed by atoms with Gasteiger partial charge in [0, 0.05) is 29.6 Å². The van der Waals surface area contributed by atoms with Gasteiger partial charge in [-0.25, -0.2) is 0 Å². The van der Waals surface area contributed by atoms with Crippen molar-refractivity contribution in [2.75, 3.05) is 13.1 Å². The first-order valence-corrected chi connectivity index (χ1v) is 6.07. The highest BCUT2D eigenvalue weighted by Gasteiger charge is 2.24. The van der Waals surface area contributed by atoms with Crippen molar-refractivity contribution in [3.63, 3.8) is 0 Å². The molecule has 90 valence electrons. The number of hydrogen-bond donors (Lipinski definition) is 0. The SMILES string of the molecule is O=CN1CCC(C(=O)c2ccc(Cl)cc2)CC1. The Balaban J connectivity index is 2.01. The average Bonchev–Trinajstić information content (AvgIpc) is 2.39. The summed E-state index contributed by atoms with van der Waals surface area (Å²) in [6.07, 6.45) is 2.35. The molecule has 0 atom stereocenters. The summed E-state index contributed by atoms with van der Waals surface area (Å²) in [5.74, 6) is 0.194. The molecule has 0 aromatic heterocycles. The largest absolute Gasteiger partial charge is 0.345 e. The highest BCUT2D eigenvalue weighted by atomic mass is 35.5. The van der Waals surface area contributed by atoms with Crippen molar-refractivity contribution in [2.45, 2.75) is 12.8 Å². The molecule has 0 radical (unpaired) electrons. The van der Waals surface area contributed by atoms with E-state index >= 15 is 0 Å². The minimum absolute atomic E-state index is 0.0346. The monoisotopic (exact) mass is 251 g/mol. The van der Waals surface area contributed by atoms with Crippen molar-refractivity contribution in [3.05, 3.63) is 34.9 Å². The standard InChI is InChI=1S/C13H14ClNO2/c14-12-3-1-10(2-4-12)13(17)11-5-7-15(9-16)8-6-11/h1-4,9,11H,5-8H2. The maximum atomic E-state index is 12.2. The lowest BCUT2D eigenvalue weighted by atomic mass is 9.89. The van der Waals surface area contributed by atoms with Crippen LogP contribution in [0.25, 0.3) is 0 Å². The lowest BCUT2D eigenvalue weighted by Gasteiger charge is -2.28. The molecule has 1 amide bonds. The summed E-state index contributed by atoms with van der Waals surface area (Å²) in [5.41, 5.74) is 0.707. The van der Waals surface area contributed by atoms with Crippen molar-refractivity contribution in [3.8, 4) is 0 Å². The van der Waals surface area contributed by atoms with E-state index in [4.69, 9.17) is 11.6 Å². The van der Waals surface area contributed by atoms with E-state index in [-0.39, 0.29) is 11.7 Å². The Kier molecular flexibility index (Phi) is 3.79. The summed E-state index contributed by atoms with van der Waals surface area (Å²) in [6.45, 7) is 1.35. The Morgan fingerprint density at radius 2 is 1.82 bits per heavy atom. The van der Waals surface area contributed by atoms with Gasteiger partial charge in [0.25, 0.3) is 0 Å². The van der Waals surface area contributed by atoms with Gasteiger partial charge >= 0.3 is 0 Å². The van der Waals surface area contributed by atoms with Crippen LogP contribution in [0.1, 0.15) is 23.2 Å². The fraction of sp³-hybridized carbons (Fsp3) is 0.385. The van der Waals surface area contributed by atoms with Gasteiger partial charge in [0.2, 0.25) is 6.41 Å². The van der Waals surface area contributed by atoms with Crippen LogP contribution >= 0.6 is 11.6 Å². The molecule has 3 nitrogen and oxygen atoms in total. The number of carbonyl (C=O) groups excluding carboxylic acids is 2. The summed E-state index contributed by atoms with van der Waals surface area (Å²) >= 11 is 5.78. The van der Waals surface area contributed by atoms with Gasteiger partial charge in [-0.15, -0.1) is 0 Å². The first kappa shape index (κ1) is 12.1. The van der Waals surface area contributed by atoms with Crippen molar-refractivity contribution in [1.82, 2.24) is 4.90 Å². The summed E-state index contributed by atoms with van der Waals surface area (Å²) in [4.78, 5) is 24.4. The zero-order valence-corrected chi connectivity index (χ0v) is 10.2. The van der Waals surface area contributed by atoms with Gasteiger partial charge in [0.1, 0.15) is 0 Å². The molecule has 0 saturated carbocycles. The number of halogens is 1. The second-order valence-corrected chi connectivity index (χ2v) is 4.72. The van der Waals surface area contributed by atoms with Crippen LogP contribution in [0, 0.1) is 5.92 Å². The number of carbonyl (C=O) groups is 2. The molecule has 1 heterocycles. The third-order valence-electron chi connectivity index (χ3n) is 3.18. The number of piperidine rings is 1. The van der Waals surface area contributed by atoms with E-state index in [2.05, 4.69) is 0 Å². The minimum atomic E-state index is 0.0346. The molecular formula is C13H14ClNO2. The Labute approximate surface area is 105 Å². The highest BCUT2D eigenvalue weighted by Crippen LogP contribution is 2.21. The third kappa shape index (κ3) is 2.86. The van der Waals surface area contributed by atoms with Gasteiger partial charge in [-0.1, -0.05) is 11.6 Å². The Morgan fingerprint density at radius 1 is 1.24 bits per heavy atom. The van der Waals surface area contributed by atoms with Gasteiger partial charge in [0.05, 0.1) is 0 Å². The summed E-state index contributed by atoms with van der Waals surface area (Å²) < 4.78 is 0. The molecule has 1 aromatic carbocycles. The molecule has 0 bridgehead atoms. The number of amides is 1. The number of hydrogen-bond acceptors (Lipinski definition) is 2. The molecule has 1 aromatic rings. The van der Waals surface area contributed by atoms with Gasteiger partial charge in [-0.05, 0) is 37.1 Å². The molecule has 1 fully saturated rings. The fourth-order valence-corrected chi connectivity index (χ4v) is 2.24. The molecule has 0 aliphatic carbocycles. The average molecular weight is 252 g/mol. The van der Waals surface area contributed by atoms with Gasteiger partial charge in [-0.3, -0.25) is 9.59 Å². The van der Waals surface area contributed by atoms with Gasteiger partial charge in [0.15, 0.2) is 5.78 Å². The molecule has 4 heteroatoms. The van der Waals surface area contributed by atoms with Crippen molar-refractivity contribution in [1.29, 1.82) is 0 Å². The van der Waals surface area contributed by atoms with E-state index in [1.54, 1.807) is 29.2 Å². The van der Waals surface area contributed by atoms with E-state index < -0.39 is 0 Å². The smallest absolute Gasteiger partial charge is 0.209 e. The number of ketones is 1. The first-order valence-electron chi connectivity index (χ1n) is 5.70. The van der Waals surface area contributed by atoms with E-state index in [0.29, 0.717) is 23.7 Å². The number of nitrogens with zero attached hydrogens (tertiary/aromatic N) is 1. The molecule has 2 rings (SSSR count). The number of Topliss-reactive ketones (excluding diaryl/α,β-unsaturated/α-hetero) is 1. The fourth-order valence-electron chi connectivity index (χ4n) is 2.12. The lowest BCUT2D eigenvalue weighted by molar-refractivity contribution is -0.119. The maximum Gasteiger partial charge on any atom is 0.209 e. The highest BCUT2D eigenvalue weighted by molar-refractivity contribution is 6.30. The molecule has 1 aliphatic heterocycles. The number of likely N-dealkylation sites (tertiary alicyclic amines) is 1. The zero-order valence-electron chi connectivity index (χ0n) is 9.43. The topological polar surface area (TPSA) is 37.4 Å². The summed E-state index contributed by atoms with van der Waals surface area (Å²) in [6, 6.07) is 6.98. The van der Waals surface area contributed by atoms with E-state index in [1.807, 2.05) is 0 Å². The molecular weight excluding hydrogens is 238 g/mol. The van der Waals surface area contributed by atoms with Crippen LogP contribution in [0.3, 0.4) is 0 Å². The molecule has 1 saturated heterocycles. The Hall–Kier alpha value is -1.35. The second-order valence-electron chi connectivity index (χ2n) is 4.29. The third-order valence-corrected chi connectivity index (χ3v) is 3.43. The Morgan fingerprint density at radius 3 is 2.35 bits per heavy atom. The van der Waals surface area contributed by atoms with E-state index in [0.717, 1.165) is 19.3 Å². The summed E-state index contributed by atoms with van der Waals surface area (Å²) in [5, 5.41) is 0.636.